The Labute approximate surface area is 154 Å². The standard InChI is InChI=1S/C20H25N3O3/c1-5-23(6-2)15-11-12-17(14(3)13-15)21-20(25)22-18-10-8-7-9-16(18)19(24)26-4/h7-13H,5-6H2,1-4H3,(H2,21,22,25). The minimum atomic E-state index is -0.499. The summed E-state index contributed by atoms with van der Waals surface area (Å²) in [6, 6.07) is 12.2. The molecular formula is C20H25N3O3. The number of hydrogen-bond acceptors (Lipinski definition) is 4. The van der Waals surface area contributed by atoms with Crippen LogP contribution in [0, 0.1) is 6.92 Å². The van der Waals surface area contributed by atoms with E-state index in [2.05, 4.69) is 29.4 Å². The molecule has 2 rings (SSSR count). The van der Waals surface area contributed by atoms with Gasteiger partial charge >= 0.3 is 12.0 Å². The lowest BCUT2D eigenvalue weighted by Crippen LogP contribution is -2.23. The number of hydrogen-bond donors (Lipinski definition) is 2. The third kappa shape index (κ3) is 4.53. The Morgan fingerprint density at radius 3 is 2.27 bits per heavy atom. The van der Waals surface area contributed by atoms with Crippen LogP contribution in [0.15, 0.2) is 42.5 Å². The second-order valence-electron chi connectivity index (χ2n) is 5.79. The van der Waals surface area contributed by atoms with E-state index in [9.17, 15) is 9.59 Å². The lowest BCUT2D eigenvalue weighted by Gasteiger charge is -2.22. The number of urea groups is 1. The quantitative estimate of drug-likeness (QED) is 0.759. The summed E-state index contributed by atoms with van der Waals surface area (Å²) in [5, 5.41) is 5.52. The first kappa shape index (κ1) is 19.3. The minimum absolute atomic E-state index is 0.304. The number of anilines is 3. The van der Waals surface area contributed by atoms with Gasteiger partial charge in [-0.1, -0.05) is 12.1 Å². The monoisotopic (exact) mass is 355 g/mol. The number of methoxy groups -OCH3 is 1. The summed E-state index contributed by atoms with van der Waals surface area (Å²) in [5.74, 6) is -0.499. The Balaban J connectivity index is 2.13. The van der Waals surface area contributed by atoms with Crippen molar-refractivity contribution >= 4 is 29.1 Å². The summed E-state index contributed by atoms with van der Waals surface area (Å²) in [7, 11) is 1.31. The molecule has 0 unspecified atom stereocenters. The van der Waals surface area contributed by atoms with Crippen molar-refractivity contribution in [3.63, 3.8) is 0 Å². The molecule has 0 spiro atoms. The number of nitrogens with zero attached hydrogens (tertiary/aromatic N) is 1. The van der Waals surface area contributed by atoms with Gasteiger partial charge in [0.1, 0.15) is 0 Å². The molecule has 0 heterocycles. The van der Waals surface area contributed by atoms with Crippen LogP contribution >= 0.6 is 0 Å². The first-order chi connectivity index (χ1) is 12.5. The number of nitrogens with one attached hydrogen (secondary N) is 2. The molecule has 2 aromatic carbocycles. The molecule has 6 nitrogen and oxygen atoms in total. The number of ether oxygens (including phenoxy) is 1. The summed E-state index contributed by atoms with van der Waals surface area (Å²) in [6.45, 7) is 8.01. The smallest absolute Gasteiger partial charge is 0.339 e. The molecule has 26 heavy (non-hydrogen) atoms. The van der Waals surface area contributed by atoms with Crippen molar-refractivity contribution in [3.05, 3.63) is 53.6 Å². The summed E-state index contributed by atoms with van der Waals surface area (Å²) < 4.78 is 4.74. The van der Waals surface area contributed by atoms with Crippen LogP contribution in [0.2, 0.25) is 0 Å². The zero-order valence-electron chi connectivity index (χ0n) is 15.6. The van der Waals surface area contributed by atoms with Crippen molar-refractivity contribution < 1.29 is 14.3 Å². The van der Waals surface area contributed by atoms with Gasteiger partial charge in [-0.05, 0) is 56.7 Å². The maximum Gasteiger partial charge on any atom is 0.339 e. The molecular weight excluding hydrogens is 330 g/mol. The van der Waals surface area contributed by atoms with Crippen molar-refractivity contribution in [2.24, 2.45) is 0 Å². The number of carbonyl (C=O) groups is 2. The number of esters is 1. The number of rotatable bonds is 6. The van der Waals surface area contributed by atoms with Crippen molar-refractivity contribution in [1.82, 2.24) is 0 Å². The number of benzene rings is 2. The number of amides is 2. The Kier molecular flexibility index (Phi) is 6.60. The van der Waals surface area contributed by atoms with Gasteiger partial charge in [-0.15, -0.1) is 0 Å². The second kappa shape index (κ2) is 8.89. The third-order valence-electron chi connectivity index (χ3n) is 4.17. The van der Waals surface area contributed by atoms with E-state index in [1.165, 1.54) is 7.11 Å². The van der Waals surface area contributed by atoms with Gasteiger partial charge in [0, 0.05) is 24.5 Å². The molecule has 2 amide bonds. The molecule has 0 saturated carbocycles. The number of aryl methyl sites for hydroxylation is 1. The molecule has 0 aliphatic heterocycles. The van der Waals surface area contributed by atoms with E-state index in [4.69, 9.17) is 4.74 Å². The fourth-order valence-corrected chi connectivity index (χ4v) is 2.73. The van der Waals surface area contributed by atoms with Gasteiger partial charge in [0.2, 0.25) is 0 Å². The average Bonchev–Trinajstić information content (AvgIpc) is 2.64. The fourth-order valence-electron chi connectivity index (χ4n) is 2.73. The summed E-state index contributed by atoms with van der Waals surface area (Å²) >= 11 is 0. The molecule has 0 saturated heterocycles. The number of para-hydroxylation sites is 1. The van der Waals surface area contributed by atoms with Crippen LogP contribution in [0.4, 0.5) is 21.9 Å². The molecule has 2 N–H and O–H groups in total. The first-order valence-corrected chi connectivity index (χ1v) is 8.61. The van der Waals surface area contributed by atoms with E-state index in [-0.39, 0.29) is 0 Å². The van der Waals surface area contributed by atoms with Crippen LogP contribution in [0.3, 0.4) is 0 Å². The maximum atomic E-state index is 12.3. The van der Waals surface area contributed by atoms with Gasteiger partial charge in [0.15, 0.2) is 0 Å². The highest BCUT2D eigenvalue weighted by Gasteiger charge is 2.14. The minimum Gasteiger partial charge on any atom is -0.465 e. The zero-order chi connectivity index (χ0) is 19.1. The van der Waals surface area contributed by atoms with Crippen LogP contribution in [0.5, 0.6) is 0 Å². The van der Waals surface area contributed by atoms with Gasteiger partial charge in [0.25, 0.3) is 0 Å². The number of carbonyl (C=O) groups excluding carboxylic acids is 2. The van der Waals surface area contributed by atoms with E-state index >= 15 is 0 Å². The molecule has 0 fully saturated rings. The van der Waals surface area contributed by atoms with Gasteiger partial charge in [0.05, 0.1) is 18.4 Å². The summed E-state index contributed by atoms with van der Waals surface area (Å²) in [6.07, 6.45) is 0. The van der Waals surface area contributed by atoms with Crippen molar-refractivity contribution in [3.8, 4) is 0 Å². The molecule has 0 aliphatic rings. The van der Waals surface area contributed by atoms with Crippen LogP contribution in [0.25, 0.3) is 0 Å². The van der Waals surface area contributed by atoms with Crippen molar-refractivity contribution in [2.45, 2.75) is 20.8 Å². The Hall–Kier alpha value is -3.02. The predicted octanol–water partition coefficient (Wildman–Crippen LogP) is 4.27. The first-order valence-electron chi connectivity index (χ1n) is 8.61. The normalized spacial score (nSPS) is 10.2. The van der Waals surface area contributed by atoms with Crippen LogP contribution in [-0.4, -0.2) is 32.2 Å². The Morgan fingerprint density at radius 1 is 1.00 bits per heavy atom. The lowest BCUT2D eigenvalue weighted by molar-refractivity contribution is 0.0602. The van der Waals surface area contributed by atoms with Crippen LogP contribution < -0.4 is 15.5 Å². The molecule has 0 bridgehead atoms. The van der Waals surface area contributed by atoms with Crippen LogP contribution in [0.1, 0.15) is 29.8 Å². The Morgan fingerprint density at radius 2 is 1.65 bits per heavy atom. The topological polar surface area (TPSA) is 70.7 Å². The SMILES string of the molecule is CCN(CC)c1ccc(NC(=O)Nc2ccccc2C(=O)OC)c(C)c1. The highest BCUT2D eigenvalue weighted by atomic mass is 16.5. The molecule has 138 valence electrons. The Bertz CT molecular complexity index is 786. The van der Waals surface area contributed by atoms with Gasteiger partial charge in [-0.25, -0.2) is 9.59 Å². The molecule has 0 radical (unpaired) electrons. The van der Waals surface area contributed by atoms with E-state index < -0.39 is 12.0 Å². The van der Waals surface area contributed by atoms with Gasteiger partial charge in [-0.3, -0.25) is 0 Å². The van der Waals surface area contributed by atoms with E-state index in [0.717, 1.165) is 24.3 Å². The van der Waals surface area contributed by atoms with E-state index in [0.29, 0.717) is 16.9 Å². The van der Waals surface area contributed by atoms with E-state index in [1.54, 1.807) is 24.3 Å². The summed E-state index contributed by atoms with van der Waals surface area (Å²) in [5.41, 5.74) is 3.50. The third-order valence-corrected chi connectivity index (χ3v) is 4.17. The van der Waals surface area contributed by atoms with Crippen molar-refractivity contribution in [2.75, 3.05) is 35.7 Å². The van der Waals surface area contributed by atoms with Gasteiger partial charge in [-0.2, -0.15) is 0 Å². The maximum absolute atomic E-state index is 12.3. The highest BCUT2D eigenvalue weighted by molar-refractivity contribution is 6.05. The predicted molar refractivity (Wildman–Crippen MR) is 105 cm³/mol. The van der Waals surface area contributed by atoms with E-state index in [1.807, 2.05) is 25.1 Å². The van der Waals surface area contributed by atoms with Crippen molar-refractivity contribution in [1.29, 1.82) is 0 Å². The van der Waals surface area contributed by atoms with Gasteiger partial charge < -0.3 is 20.3 Å². The molecule has 2 aromatic rings. The average molecular weight is 355 g/mol. The fraction of sp³-hybridized carbons (Fsp3) is 0.300. The molecule has 0 aromatic heterocycles. The highest BCUT2D eigenvalue weighted by Crippen LogP contribution is 2.23. The zero-order valence-corrected chi connectivity index (χ0v) is 15.6. The molecule has 6 heteroatoms. The van der Waals surface area contributed by atoms with Crippen LogP contribution in [-0.2, 0) is 4.74 Å². The lowest BCUT2D eigenvalue weighted by atomic mass is 10.1. The molecule has 0 atom stereocenters. The largest absolute Gasteiger partial charge is 0.465 e. The molecule has 0 aliphatic carbocycles. The summed E-state index contributed by atoms with van der Waals surface area (Å²) in [4.78, 5) is 26.4. The second-order valence-corrected chi connectivity index (χ2v) is 5.79.